The fourth-order valence-corrected chi connectivity index (χ4v) is 2.09. The van der Waals surface area contributed by atoms with Crippen LogP contribution in [-0.4, -0.2) is 19.7 Å². The first-order chi connectivity index (χ1) is 10.6. The number of esters is 1. The van der Waals surface area contributed by atoms with Gasteiger partial charge in [-0.1, -0.05) is 35.9 Å². The topological polar surface area (TPSA) is 35.5 Å². The molecule has 114 valence electrons. The maximum atomic E-state index is 11.8. The average molecular weight is 317 g/mol. The highest BCUT2D eigenvalue weighted by Crippen LogP contribution is 2.23. The molecule has 4 heteroatoms. The van der Waals surface area contributed by atoms with E-state index >= 15 is 0 Å². The standard InChI is InChI=1S/C18H17ClO3/c1-3-22-18(20)15-8-11-17(21-2)14(12-15)7-4-13-5-9-16(19)10-6-13/h4-12H,3H2,1-2H3/b7-4+. The fraction of sp³-hybridized carbons (Fsp3) is 0.167. The predicted molar refractivity (Wildman–Crippen MR) is 89.3 cm³/mol. The quantitative estimate of drug-likeness (QED) is 0.592. The first kappa shape index (κ1) is 16.1. The first-order valence-corrected chi connectivity index (χ1v) is 7.30. The molecule has 0 aromatic heterocycles. The van der Waals surface area contributed by atoms with Gasteiger partial charge in [0.05, 0.1) is 19.3 Å². The number of ether oxygens (including phenoxy) is 2. The molecule has 0 unspecified atom stereocenters. The van der Waals surface area contributed by atoms with Crippen LogP contribution in [-0.2, 0) is 4.74 Å². The summed E-state index contributed by atoms with van der Waals surface area (Å²) in [6, 6.07) is 12.7. The van der Waals surface area contributed by atoms with Crippen molar-refractivity contribution in [2.75, 3.05) is 13.7 Å². The molecule has 0 spiro atoms. The molecule has 0 aliphatic heterocycles. The van der Waals surface area contributed by atoms with Gasteiger partial charge in [-0.25, -0.2) is 4.79 Å². The van der Waals surface area contributed by atoms with Gasteiger partial charge in [-0.05, 0) is 42.8 Å². The fourth-order valence-electron chi connectivity index (χ4n) is 1.97. The van der Waals surface area contributed by atoms with Gasteiger partial charge in [0.25, 0.3) is 0 Å². The third-order valence-electron chi connectivity index (χ3n) is 3.07. The minimum atomic E-state index is -0.341. The monoisotopic (exact) mass is 316 g/mol. The molecular formula is C18H17ClO3. The molecule has 2 aromatic carbocycles. The van der Waals surface area contributed by atoms with Crippen LogP contribution in [0.15, 0.2) is 42.5 Å². The Labute approximate surface area is 135 Å². The molecule has 22 heavy (non-hydrogen) atoms. The van der Waals surface area contributed by atoms with Crippen LogP contribution in [0.2, 0.25) is 5.02 Å². The molecule has 0 fully saturated rings. The number of hydrogen-bond donors (Lipinski definition) is 0. The lowest BCUT2D eigenvalue weighted by Gasteiger charge is -2.07. The van der Waals surface area contributed by atoms with Gasteiger partial charge >= 0.3 is 5.97 Å². The van der Waals surface area contributed by atoms with E-state index in [0.717, 1.165) is 11.1 Å². The Kier molecular flexibility index (Phi) is 5.61. The molecule has 0 amide bonds. The number of rotatable bonds is 5. The molecule has 0 atom stereocenters. The predicted octanol–water partition coefficient (Wildman–Crippen LogP) is 4.70. The van der Waals surface area contributed by atoms with Crippen molar-refractivity contribution in [3.05, 3.63) is 64.2 Å². The van der Waals surface area contributed by atoms with Crippen LogP contribution in [0.5, 0.6) is 5.75 Å². The van der Waals surface area contributed by atoms with E-state index in [0.29, 0.717) is 22.9 Å². The Balaban J connectivity index is 2.29. The maximum absolute atomic E-state index is 11.8. The van der Waals surface area contributed by atoms with E-state index in [2.05, 4.69) is 0 Å². The van der Waals surface area contributed by atoms with Gasteiger partial charge in [-0.2, -0.15) is 0 Å². The van der Waals surface area contributed by atoms with Crippen molar-refractivity contribution in [1.29, 1.82) is 0 Å². The smallest absolute Gasteiger partial charge is 0.338 e. The third kappa shape index (κ3) is 4.12. The zero-order valence-corrected chi connectivity index (χ0v) is 13.3. The Hall–Kier alpha value is -2.26. The third-order valence-corrected chi connectivity index (χ3v) is 3.32. The lowest BCUT2D eigenvalue weighted by Crippen LogP contribution is -2.05. The lowest BCUT2D eigenvalue weighted by molar-refractivity contribution is 0.0526. The molecule has 0 N–H and O–H groups in total. The van der Waals surface area contributed by atoms with E-state index in [1.54, 1.807) is 32.2 Å². The van der Waals surface area contributed by atoms with Crippen molar-refractivity contribution in [3.63, 3.8) is 0 Å². The second kappa shape index (κ2) is 7.66. The number of halogens is 1. The second-order valence-electron chi connectivity index (χ2n) is 4.56. The van der Waals surface area contributed by atoms with E-state index in [4.69, 9.17) is 21.1 Å². The maximum Gasteiger partial charge on any atom is 0.338 e. The van der Waals surface area contributed by atoms with Crippen molar-refractivity contribution in [1.82, 2.24) is 0 Å². The molecule has 0 radical (unpaired) electrons. The Morgan fingerprint density at radius 1 is 1.14 bits per heavy atom. The van der Waals surface area contributed by atoms with Crippen LogP contribution in [0.25, 0.3) is 12.2 Å². The van der Waals surface area contributed by atoms with E-state index < -0.39 is 0 Å². The Morgan fingerprint density at radius 3 is 2.50 bits per heavy atom. The van der Waals surface area contributed by atoms with Crippen LogP contribution in [0, 0.1) is 0 Å². The van der Waals surface area contributed by atoms with Crippen LogP contribution in [0.1, 0.15) is 28.4 Å². The summed E-state index contributed by atoms with van der Waals surface area (Å²) in [5.74, 6) is 0.351. The van der Waals surface area contributed by atoms with Crippen molar-refractivity contribution >= 4 is 29.7 Å². The molecular weight excluding hydrogens is 300 g/mol. The summed E-state index contributed by atoms with van der Waals surface area (Å²) in [6.45, 7) is 2.13. The number of carbonyl (C=O) groups excluding carboxylic acids is 1. The van der Waals surface area contributed by atoms with Gasteiger partial charge in [-0.3, -0.25) is 0 Å². The van der Waals surface area contributed by atoms with Crippen LogP contribution >= 0.6 is 11.6 Å². The molecule has 0 aliphatic rings. The van der Waals surface area contributed by atoms with Gasteiger partial charge < -0.3 is 9.47 Å². The second-order valence-corrected chi connectivity index (χ2v) is 5.00. The van der Waals surface area contributed by atoms with Crippen molar-refractivity contribution in [2.45, 2.75) is 6.92 Å². The molecule has 0 saturated carbocycles. The number of methoxy groups -OCH3 is 1. The van der Waals surface area contributed by atoms with Crippen molar-refractivity contribution in [2.24, 2.45) is 0 Å². The lowest BCUT2D eigenvalue weighted by atomic mass is 10.1. The minimum Gasteiger partial charge on any atom is -0.496 e. The SMILES string of the molecule is CCOC(=O)c1ccc(OC)c(/C=C/c2ccc(Cl)cc2)c1. The van der Waals surface area contributed by atoms with Gasteiger partial charge in [0, 0.05) is 10.6 Å². The van der Waals surface area contributed by atoms with Crippen LogP contribution < -0.4 is 4.74 Å². The molecule has 2 rings (SSSR count). The number of benzene rings is 2. The van der Waals surface area contributed by atoms with Crippen LogP contribution in [0.3, 0.4) is 0 Å². The van der Waals surface area contributed by atoms with E-state index in [9.17, 15) is 4.79 Å². The number of hydrogen-bond acceptors (Lipinski definition) is 3. The van der Waals surface area contributed by atoms with E-state index in [-0.39, 0.29) is 5.97 Å². The van der Waals surface area contributed by atoms with Gasteiger partial charge in [-0.15, -0.1) is 0 Å². The molecule has 0 heterocycles. The average Bonchev–Trinajstić information content (AvgIpc) is 2.54. The summed E-state index contributed by atoms with van der Waals surface area (Å²) < 4.78 is 10.3. The molecule has 3 nitrogen and oxygen atoms in total. The molecule has 2 aromatic rings. The van der Waals surface area contributed by atoms with Crippen LogP contribution in [0.4, 0.5) is 0 Å². The molecule has 0 aliphatic carbocycles. The van der Waals surface area contributed by atoms with E-state index in [1.165, 1.54) is 0 Å². The summed E-state index contributed by atoms with van der Waals surface area (Å²) in [4.78, 5) is 11.8. The van der Waals surface area contributed by atoms with Crippen molar-refractivity contribution in [3.8, 4) is 5.75 Å². The highest BCUT2D eigenvalue weighted by molar-refractivity contribution is 6.30. The van der Waals surface area contributed by atoms with Gasteiger partial charge in [0.1, 0.15) is 5.75 Å². The summed E-state index contributed by atoms with van der Waals surface area (Å²) in [5, 5.41) is 0.694. The van der Waals surface area contributed by atoms with Gasteiger partial charge in [0.2, 0.25) is 0 Å². The Morgan fingerprint density at radius 2 is 1.86 bits per heavy atom. The van der Waals surface area contributed by atoms with E-state index in [1.807, 2.05) is 36.4 Å². The normalized spacial score (nSPS) is 10.7. The summed E-state index contributed by atoms with van der Waals surface area (Å²) in [5.41, 5.74) is 2.31. The zero-order chi connectivity index (χ0) is 15.9. The zero-order valence-electron chi connectivity index (χ0n) is 12.5. The summed E-state index contributed by atoms with van der Waals surface area (Å²) in [7, 11) is 1.60. The van der Waals surface area contributed by atoms with Crippen molar-refractivity contribution < 1.29 is 14.3 Å². The highest BCUT2D eigenvalue weighted by atomic mass is 35.5. The first-order valence-electron chi connectivity index (χ1n) is 6.93. The molecule has 0 saturated heterocycles. The summed E-state index contributed by atoms with van der Waals surface area (Å²) in [6.07, 6.45) is 3.83. The minimum absolute atomic E-state index is 0.341. The number of carbonyl (C=O) groups is 1. The Bertz CT molecular complexity index is 675. The molecule has 0 bridgehead atoms. The summed E-state index contributed by atoms with van der Waals surface area (Å²) >= 11 is 5.87. The van der Waals surface area contributed by atoms with Gasteiger partial charge in [0.15, 0.2) is 0 Å². The highest BCUT2D eigenvalue weighted by Gasteiger charge is 2.09. The largest absolute Gasteiger partial charge is 0.496 e.